The molecule has 2 aromatic rings. The van der Waals surface area contributed by atoms with Crippen LogP contribution < -0.4 is 5.32 Å². The quantitative estimate of drug-likeness (QED) is 0.932. The molecule has 0 amide bonds. The van der Waals surface area contributed by atoms with Crippen LogP contribution in [0.1, 0.15) is 20.8 Å². The van der Waals surface area contributed by atoms with Gasteiger partial charge in [-0.15, -0.1) is 0 Å². The SMILES string of the molecule is CNC(CS(=O)c1ccc2ccccc2c1)C(C)(C)C. The number of rotatable bonds is 4. The minimum Gasteiger partial charge on any atom is -0.316 e. The maximum absolute atomic E-state index is 12.6. The van der Waals surface area contributed by atoms with Gasteiger partial charge in [0.1, 0.15) is 0 Å². The van der Waals surface area contributed by atoms with Crippen LogP contribution in [0.25, 0.3) is 10.8 Å². The van der Waals surface area contributed by atoms with Crippen LogP contribution in [-0.4, -0.2) is 23.1 Å². The summed E-state index contributed by atoms with van der Waals surface area (Å²) in [6.45, 7) is 6.52. The van der Waals surface area contributed by atoms with Crippen LogP contribution in [0.5, 0.6) is 0 Å². The van der Waals surface area contributed by atoms with Crippen molar-refractivity contribution in [2.75, 3.05) is 12.8 Å². The monoisotopic (exact) mass is 289 g/mol. The second-order valence-corrected chi connectivity index (χ2v) is 7.72. The highest BCUT2D eigenvalue weighted by Crippen LogP contribution is 2.23. The van der Waals surface area contributed by atoms with E-state index in [9.17, 15) is 4.21 Å². The lowest BCUT2D eigenvalue weighted by Gasteiger charge is -2.30. The molecule has 0 aromatic heterocycles. The highest BCUT2D eigenvalue weighted by Gasteiger charge is 2.25. The maximum atomic E-state index is 12.6. The molecule has 0 saturated heterocycles. The van der Waals surface area contributed by atoms with Gasteiger partial charge in [0.15, 0.2) is 0 Å². The van der Waals surface area contributed by atoms with Crippen molar-refractivity contribution < 1.29 is 4.21 Å². The molecule has 0 radical (unpaired) electrons. The largest absolute Gasteiger partial charge is 0.316 e. The van der Waals surface area contributed by atoms with Gasteiger partial charge in [-0.2, -0.15) is 0 Å². The zero-order valence-corrected chi connectivity index (χ0v) is 13.5. The summed E-state index contributed by atoms with van der Waals surface area (Å²) in [5, 5.41) is 5.62. The molecule has 2 unspecified atom stereocenters. The molecule has 3 heteroatoms. The maximum Gasteiger partial charge on any atom is 0.0545 e. The van der Waals surface area contributed by atoms with Gasteiger partial charge in [-0.25, -0.2) is 0 Å². The molecule has 0 bridgehead atoms. The standard InChI is InChI=1S/C17H23NOS/c1-17(2,3)16(18-4)12-20(19)15-10-9-13-7-5-6-8-14(13)11-15/h5-11,16,18H,12H2,1-4H3. The predicted octanol–water partition coefficient (Wildman–Crippen LogP) is 3.58. The summed E-state index contributed by atoms with van der Waals surface area (Å²) in [7, 11) is 0.960. The molecule has 0 heterocycles. The van der Waals surface area contributed by atoms with Gasteiger partial charge in [0.05, 0.1) is 10.8 Å². The normalized spacial score (nSPS) is 15.2. The molecule has 0 fully saturated rings. The fourth-order valence-corrected chi connectivity index (χ4v) is 3.96. The van der Waals surface area contributed by atoms with Crippen molar-refractivity contribution >= 4 is 21.6 Å². The van der Waals surface area contributed by atoms with Crippen LogP contribution in [0.3, 0.4) is 0 Å². The van der Waals surface area contributed by atoms with Gasteiger partial charge in [0.25, 0.3) is 0 Å². The summed E-state index contributed by atoms with van der Waals surface area (Å²) in [5.41, 5.74) is 0.0985. The first-order valence-corrected chi connectivity index (χ1v) is 8.28. The third-order valence-corrected chi connectivity index (χ3v) is 5.11. The van der Waals surface area contributed by atoms with Gasteiger partial charge in [0, 0.05) is 16.7 Å². The van der Waals surface area contributed by atoms with Crippen LogP contribution in [0.2, 0.25) is 0 Å². The molecule has 1 N–H and O–H groups in total. The second kappa shape index (κ2) is 6.06. The van der Waals surface area contributed by atoms with Gasteiger partial charge in [-0.1, -0.05) is 51.1 Å². The Bertz CT molecular complexity index is 616. The molecular formula is C17H23NOS. The number of hydrogen-bond donors (Lipinski definition) is 1. The highest BCUT2D eigenvalue weighted by atomic mass is 32.2. The van der Waals surface area contributed by atoms with E-state index in [0.717, 1.165) is 10.3 Å². The molecule has 0 aliphatic rings. The van der Waals surface area contributed by atoms with E-state index >= 15 is 0 Å². The van der Waals surface area contributed by atoms with Crippen LogP contribution >= 0.6 is 0 Å². The van der Waals surface area contributed by atoms with Crippen LogP contribution in [0.4, 0.5) is 0 Å². The van der Waals surface area contributed by atoms with E-state index in [1.807, 2.05) is 37.4 Å². The summed E-state index contributed by atoms with van der Waals surface area (Å²) in [5.74, 6) is 0.637. The first-order chi connectivity index (χ1) is 9.41. The van der Waals surface area contributed by atoms with Crippen molar-refractivity contribution in [1.82, 2.24) is 5.32 Å². The van der Waals surface area contributed by atoms with Crippen LogP contribution in [0, 0.1) is 5.41 Å². The summed E-state index contributed by atoms with van der Waals surface area (Å²) < 4.78 is 12.6. The molecule has 2 atom stereocenters. The number of fused-ring (bicyclic) bond motifs is 1. The Kier molecular flexibility index (Phi) is 4.61. The highest BCUT2D eigenvalue weighted by molar-refractivity contribution is 7.85. The van der Waals surface area contributed by atoms with Crippen molar-refractivity contribution in [3.05, 3.63) is 42.5 Å². The van der Waals surface area contributed by atoms with Gasteiger partial charge < -0.3 is 5.32 Å². The molecule has 0 aliphatic heterocycles. The van der Waals surface area contributed by atoms with E-state index in [0.29, 0.717) is 5.75 Å². The van der Waals surface area contributed by atoms with Crippen molar-refractivity contribution in [3.63, 3.8) is 0 Å². The lowest BCUT2D eigenvalue weighted by molar-refractivity contribution is 0.304. The van der Waals surface area contributed by atoms with Crippen molar-refractivity contribution in [2.45, 2.75) is 31.7 Å². The molecule has 20 heavy (non-hydrogen) atoms. The summed E-state index contributed by atoms with van der Waals surface area (Å²) in [6, 6.07) is 14.5. The van der Waals surface area contributed by atoms with Gasteiger partial charge in [-0.3, -0.25) is 4.21 Å². The van der Waals surface area contributed by atoms with E-state index in [1.54, 1.807) is 0 Å². The molecular weight excluding hydrogens is 266 g/mol. The van der Waals surface area contributed by atoms with Gasteiger partial charge in [0.2, 0.25) is 0 Å². The Hall–Kier alpha value is -1.19. The Morgan fingerprint density at radius 3 is 2.35 bits per heavy atom. The zero-order chi connectivity index (χ0) is 14.8. The zero-order valence-electron chi connectivity index (χ0n) is 12.6. The fourth-order valence-electron chi connectivity index (χ4n) is 2.32. The van der Waals surface area contributed by atoms with Crippen molar-refractivity contribution in [3.8, 4) is 0 Å². The fraction of sp³-hybridized carbons (Fsp3) is 0.412. The Labute approximate surface area is 124 Å². The third kappa shape index (κ3) is 3.47. The smallest absolute Gasteiger partial charge is 0.0545 e. The summed E-state index contributed by atoms with van der Waals surface area (Å²) in [6.07, 6.45) is 0. The van der Waals surface area contributed by atoms with Crippen LogP contribution in [0.15, 0.2) is 47.4 Å². The molecule has 2 aromatic carbocycles. The molecule has 2 nitrogen and oxygen atoms in total. The summed E-state index contributed by atoms with van der Waals surface area (Å²) in [4.78, 5) is 0.910. The number of hydrogen-bond acceptors (Lipinski definition) is 2. The average molecular weight is 289 g/mol. The average Bonchev–Trinajstić information content (AvgIpc) is 2.42. The number of nitrogens with one attached hydrogen (secondary N) is 1. The molecule has 0 saturated carbocycles. The Balaban J connectivity index is 2.23. The second-order valence-electron chi connectivity index (χ2n) is 6.23. The minimum absolute atomic E-state index is 0.0985. The van der Waals surface area contributed by atoms with Gasteiger partial charge in [-0.05, 0) is 35.4 Å². The van der Waals surface area contributed by atoms with Crippen molar-refractivity contribution in [2.24, 2.45) is 5.41 Å². The van der Waals surface area contributed by atoms with E-state index in [1.165, 1.54) is 5.39 Å². The first kappa shape index (κ1) is 15.2. The van der Waals surface area contributed by atoms with Gasteiger partial charge >= 0.3 is 0 Å². The van der Waals surface area contributed by atoms with Crippen LogP contribution in [-0.2, 0) is 10.8 Å². The summed E-state index contributed by atoms with van der Waals surface area (Å²) >= 11 is 0. The third-order valence-electron chi connectivity index (χ3n) is 3.70. The van der Waals surface area contributed by atoms with E-state index < -0.39 is 10.8 Å². The number of benzene rings is 2. The molecule has 0 spiro atoms. The van der Waals surface area contributed by atoms with Crippen molar-refractivity contribution in [1.29, 1.82) is 0 Å². The first-order valence-electron chi connectivity index (χ1n) is 6.96. The Morgan fingerprint density at radius 1 is 1.10 bits per heavy atom. The van der Waals surface area contributed by atoms with E-state index in [4.69, 9.17) is 0 Å². The Morgan fingerprint density at radius 2 is 1.75 bits per heavy atom. The van der Waals surface area contributed by atoms with E-state index in [2.05, 4.69) is 38.2 Å². The lowest BCUT2D eigenvalue weighted by atomic mass is 9.88. The molecule has 108 valence electrons. The topological polar surface area (TPSA) is 29.1 Å². The molecule has 2 rings (SSSR count). The predicted molar refractivity (Wildman–Crippen MR) is 87.5 cm³/mol. The molecule has 0 aliphatic carbocycles. The lowest BCUT2D eigenvalue weighted by Crippen LogP contribution is -2.42. The minimum atomic E-state index is -0.978. The van der Waals surface area contributed by atoms with E-state index in [-0.39, 0.29) is 11.5 Å².